The van der Waals surface area contributed by atoms with Crippen LogP contribution in [0.3, 0.4) is 0 Å². The van der Waals surface area contributed by atoms with Gasteiger partial charge in [-0.2, -0.15) is 0 Å². The Bertz CT molecular complexity index is 1190. The lowest BCUT2D eigenvalue weighted by Crippen LogP contribution is -2.72. The Morgan fingerprint density at radius 3 is 2.61 bits per heavy atom. The van der Waals surface area contributed by atoms with Crippen molar-refractivity contribution in [1.29, 1.82) is 0 Å². The van der Waals surface area contributed by atoms with Gasteiger partial charge in [0.1, 0.15) is 29.5 Å². The number of hydrogen-bond acceptors (Lipinski definition) is 8. The van der Waals surface area contributed by atoms with Crippen LogP contribution in [0.5, 0.6) is 0 Å². The smallest absolute Gasteiger partial charge is 0.306 e. The minimum atomic E-state index is -2.22. The number of carbonyl (C=O) groups excluding carboxylic acids is 1. The zero-order chi connectivity index (χ0) is 27.3. The van der Waals surface area contributed by atoms with E-state index in [1.807, 2.05) is 32.1 Å². The van der Waals surface area contributed by atoms with Gasteiger partial charge < -0.3 is 34.3 Å². The Hall–Kier alpha value is -1.91. The average molecular weight is 527 g/mol. The van der Waals surface area contributed by atoms with Crippen molar-refractivity contribution in [3.05, 3.63) is 60.3 Å². The predicted molar refractivity (Wildman–Crippen MR) is 138 cm³/mol. The highest BCUT2D eigenvalue weighted by Crippen LogP contribution is 2.72. The number of fused-ring (bicyclic) bond motifs is 3. The fourth-order valence-electron chi connectivity index (χ4n) is 8.06. The third-order valence-corrected chi connectivity index (χ3v) is 9.89. The summed E-state index contributed by atoms with van der Waals surface area (Å²) < 4.78 is 26.3. The van der Waals surface area contributed by atoms with Gasteiger partial charge in [0.15, 0.2) is 11.4 Å². The molecule has 11 atom stereocenters. The van der Waals surface area contributed by atoms with Gasteiger partial charge in [0.2, 0.25) is 0 Å². The van der Waals surface area contributed by atoms with E-state index >= 15 is 0 Å². The van der Waals surface area contributed by atoms with Crippen molar-refractivity contribution in [1.82, 2.24) is 0 Å². The minimum Gasteiger partial charge on any atom is -0.393 e. The molecule has 0 aromatic carbocycles. The van der Waals surface area contributed by atoms with Crippen molar-refractivity contribution in [2.45, 2.75) is 93.6 Å². The molecule has 2 saturated carbocycles. The summed E-state index contributed by atoms with van der Waals surface area (Å²) in [6.45, 7) is 11.4. The van der Waals surface area contributed by atoms with Crippen LogP contribution < -0.4 is 0 Å². The van der Waals surface area contributed by atoms with Crippen LogP contribution in [-0.4, -0.2) is 74.4 Å². The van der Waals surface area contributed by atoms with Crippen LogP contribution in [0.25, 0.3) is 0 Å². The summed E-state index contributed by atoms with van der Waals surface area (Å²) >= 11 is 0. The maximum Gasteiger partial charge on any atom is 0.306 e. The number of allylic oxidation sites excluding steroid dienone is 5. The predicted octanol–water partition coefficient (Wildman–Crippen LogP) is 2.64. The molecule has 0 unspecified atom stereocenters. The first-order valence-corrected chi connectivity index (χ1v) is 13.7. The first kappa shape index (κ1) is 26.3. The van der Waals surface area contributed by atoms with Gasteiger partial charge in [-0.1, -0.05) is 63.3 Å². The largest absolute Gasteiger partial charge is 0.393 e. The van der Waals surface area contributed by atoms with Crippen molar-refractivity contribution in [2.75, 3.05) is 6.61 Å². The van der Waals surface area contributed by atoms with E-state index in [1.54, 1.807) is 25.2 Å². The molecule has 3 heterocycles. The number of aliphatic hydroxyl groups is 3. The Morgan fingerprint density at radius 2 is 1.92 bits per heavy atom. The monoisotopic (exact) mass is 526 g/mol. The Labute approximate surface area is 223 Å². The second-order valence-electron chi connectivity index (χ2n) is 12.0. The fraction of sp³-hybridized carbons (Fsp3) is 0.633. The lowest BCUT2D eigenvalue weighted by Gasteiger charge is -2.59. The second kappa shape index (κ2) is 8.30. The number of ether oxygens (including phenoxy) is 4. The molecule has 3 bridgehead atoms. The van der Waals surface area contributed by atoms with Crippen LogP contribution in [0.15, 0.2) is 60.3 Å². The van der Waals surface area contributed by atoms with E-state index in [4.69, 9.17) is 18.9 Å². The number of Topliss-reactive ketones (excluding diaryl/α,β-unsaturated/α-hetero) is 1. The Morgan fingerprint density at radius 1 is 1.18 bits per heavy atom. The van der Waals surface area contributed by atoms with E-state index in [1.165, 1.54) is 0 Å². The molecule has 0 aromatic heterocycles. The second-order valence-corrected chi connectivity index (χ2v) is 12.0. The van der Waals surface area contributed by atoms with Gasteiger partial charge in [-0.25, -0.2) is 0 Å². The van der Waals surface area contributed by atoms with Crippen molar-refractivity contribution in [2.24, 2.45) is 17.8 Å². The number of ketones is 1. The first-order chi connectivity index (χ1) is 18.0. The van der Waals surface area contributed by atoms with Gasteiger partial charge in [-0.3, -0.25) is 4.79 Å². The summed E-state index contributed by atoms with van der Waals surface area (Å²) in [6, 6.07) is 0. The molecular formula is C30H38O8. The highest BCUT2D eigenvalue weighted by atomic mass is 16.9. The number of unbranched alkanes of at least 4 members (excludes halogenated alkanes) is 1. The molecule has 0 radical (unpaired) electrons. The van der Waals surface area contributed by atoms with Crippen molar-refractivity contribution in [3.63, 3.8) is 0 Å². The molecule has 0 aromatic rings. The summed E-state index contributed by atoms with van der Waals surface area (Å²) in [5.74, 6) is -3.86. The number of aliphatic hydroxyl groups excluding tert-OH is 2. The van der Waals surface area contributed by atoms with E-state index < -0.39 is 70.9 Å². The van der Waals surface area contributed by atoms with Crippen molar-refractivity contribution in [3.8, 4) is 0 Å². The SMILES string of the molecule is C=C(C)[C@]12C[C@@H](C)[C@@]34O[C@](/C=C/C=C/C=C/CCC)(O[C@@H]1[C@@H]3[C@@H]1O[C@]1(CO)[C@@H](O)[C@@]1(O)C(=O)C(C)=C[C@H]14)O2. The van der Waals surface area contributed by atoms with Gasteiger partial charge in [-0.15, -0.1) is 0 Å². The third-order valence-electron chi connectivity index (χ3n) is 9.89. The number of rotatable bonds is 7. The highest BCUT2D eigenvalue weighted by Gasteiger charge is 2.88. The maximum absolute atomic E-state index is 13.5. The van der Waals surface area contributed by atoms with Crippen LogP contribution in [0.4, 0.5) is 0 Å². The van der Waals surface area contributed by atoms with Gasteiger partial charge in [-0.05, 0) is 43.8 Å². The minimum absolute atomic E-state index is 0.246. The van der Waals surface area contributed by atoms with Crippen LogP contribution in [-0.2, 0) is 23.7 Å². The van der Waals surface area contributed by atoms with Gasteiger partial charge >= 0.3 is 5.97 Å². The molecule has 6 rings (SSSR count). The molecule has 6 aliphatic rings. The fourth-order valence-corrected chi connectivity index (χ4v) is 8.06. The zero-order valence-electron chi connectivity index (χ0n) is 22.4. The number of carbonyl (C=O) groups is 1. The van der Waals surface area contributed by atoms with E-state index in [2.05, 4.69) is 19.6 Å². The topological polar surface area (TPSA) is 118 Å². The molecule has 8 nitrogen and oxygen atoms in total. The molecule has 3 N–H and O–H groups in total. The lowest BCUT2D eigenvalue weighted by atomic mass is 9.54. The Balaban J connectivity index is 1.51. The van der Waals surface area contributed by atoms with Gasteiger partial charge in [0, 0.05) is 17.9 Å². The molecule has 8 heteroatoms. The molecule has 5 fully saturated rings. The van der Waals surface area contributed by atoms with E-state index in [-0.39, 0.29) is 5.92 Å². The maximum atomic E-state index is 13.5. The molecular weight excluding hydrogens is 488 g/mol. The quantitative estimate of drug-likeness (QED) is 0.263. The third kappa shape index (κ3) is 2.97. The van der Waals surface area contributed by atoms with Crippen LogP contribution in [0.2, 0.25) is 0 Å². The lowest BCUT2D eigenvalue weighted by molar-refractivity contribution is -0.406. The molecule has 3 aliphatic heterocycles. The van der Waals surface area contributed by atoms with Crippen LogP contribution >= 0.6 is 0 Å². The standard InChI is InChI=1S/C30H38O8/c1-6-7-8-9-10-11-12-13-28-36-23-21-24-27(16-31,35-24)25(33)29(34)20(14-18(4)22(29)32)30(21,38-28)19(5)15-26(23,37-28)17(2)3/h8-14,19-21,23-25,31,33-34H,2,6-7,15-16H2,1,3-5H3/b9-8+,11-10+,13-12+/t19-,20-,21-,23-,24+,25-,26-,27+,28-,29+,30+/m1/s1. The molecule has 0 amide bonds. The molecule has 206 valence electrons. The normalized spacial score (nSPS) is 52.4. The van der Waals surface area contributed by atoms with E-state index in [9.17, 15) is 20.1 Å². The number of epoxide rings is 1. The van der Waals surface area contributed by atoms with Crippen molar-refractivity contribution < 1.29 is 39.1 Å². The molecule has 0 spiro atoms. The zero-order valence-corrected chi connectivity index (χ0v) is 22.4. The Kier molecular flexibility index (Phi) is 5.75. The molecule has 38 heavy (non-hydrogen) atoms. The molecule has 3 aliphatic carbocycles. The van der Waals surface area contributed by atoms with E-state index in [0.717, 1.165) is 18.4 Å². The van der Waals surface area contributed by atoms with Gasteiger partial charge in [0.05, 0.1) is 12.2 Å². The first-order valence-electron chi connectivity index (χ1n) is 13.7. The average Bonchev–Trinajstić information content (AvgIpc) is 3.52. The van der Waals surface area contributed by atoms with Gasteiger partial charge in [0.25, 0.3) is 0 Å². The number of hydrogen-bond donors (Lipinski definition) is 3. The van der Waals surface area contributed by atoms with Crippen LogP contribution in [0.1, 0.15) is 47.0 Å². The van der Waals surface area contributed by atoms with Crippen LogP contribution in [0, 0.1) is 17.8 Å². The summed E-state index contributed by atoms with van der Waals surface area (Å²) in [5.41, 5.74) is -4.72. The summed E-state index contributed by atoms with van der Waals surface area (Å²) in [5, 5.41) is 34.0. The summed E-state index contributed by atoms with van der Waals surface area (Å²) in [7, 11) is 0. The summed E-state index contributed by atoms with van der Waals surface area (Å²) in [6.07, 6.45) is 12.7. The molecule has 3 saturated heterocycles. The summed E-state index contributed by atoms with van der Waals surface area (Å²) in [4.78, 5) is 13.5. The highest BCUT2D eigenvalue weighted by molar-refractivity contribution is 6.05. The van der Waals surface area contributed by atoms with E-state index in [0.29, 0.717) is 12.0 Å². The van der Waals surface area contributed by atoms with Crippen molar-refractivity contribution >= 4 is 5.78 Å².